The zero-order chi connectivity index (χ0) is 16.8. The third kappa shape index (κ3) is 5.04. The van der Waals surface area contributed by atoms with Crippen molar-refractivity contribution >= 4 is 17.2 Å². The Morgan fingerprint density at radius 2 is 2.08 bits per heavy atom. The molecule has 2 heterocycles. The van der Waals surface area contributed by atoms with Gasteiger partial charge in [-0.05, 0) is 45.0 Å². The van der Waals surface area contributed by atoms with E-state index in [4.69, 9.17) is 4.74 Å². The molecule has 0 unspecified atom stereocenters. The van der Waals surface area contributed by atoms with Gasteiger partial charge in [-0.3, -0.25) is 4.79 Å². The van der Waals surface area contributed by atoms with Gasteiger partial charge in [0.2, 0.25) is 5.91 Å². The van der Waals surface area contributed by atoms with E-state index in [1.165, 1.54) is 16.9 Å². The number of piperidine rings is 1. The molecule has 1 saturated heterocycles. The van der Waals surface area contributed by atoms with Gasteiger partial charge in [-0.25, -0.2) is 4.98 Å². The van der Waals surface area contributed by atoms with Crippen molar-refractivity contribution in [2.24, 2.45) is 0 Å². The fraction of sp³-hybridized carbons (Fsp3) is 0.444. The van der Waals surface area contributed by atoms with E-state index in [0.717, 1.165) is 42.4 Å². The Labute approximate surface area is 146 Å². The van der Waals surface area contributed by atoms with E-state index in [1.54, 1.807) is 0 Å². The molecule has 0 radical (unpaired) electrons. The van der Waals surface area contributed by atoms with Crippen molar-refractivity contribution in [3.8, 4) is 5.75 Å². The first-order valence-corrected chi connectivity index (χ1v) is 9.20. The Morgan fingerprint density at radius 3 is 2.83 bits per heavy atom. The SMILES string of the molecule is Cc1ccc(OCc2nc(CC(=O)NC3CCNCC3)cs2)cc1. The van der Waals surface area contributed by atoms with E-state index in [0.29, 0.717) is 19.1 Å². The van der Waals surface area contributed by atoms with Crippen LogP contribution in [0, 0.1) is 6.92 Å². The van der Waals surface area contributed by atoms with Gasteiger partial charge in [0.1, 0.15) is 17.4 Å². The van der Waals surface area contributed by atoms with Gasteiger partial charge >= 0.3 is 0 Å². The second-order valence-corrected chi connectivity index (χ2v) is 7.05. The van der Waals surface area contributed by atoms with Crippen LogP contribution in [0.5, 0.6) is 5.75 Å². The summed E-state index contributed by atoms with van der Waals surface area (Å²) in [5.74, 6) is 0.888. The van der Waals surface area contributed by atoms with E-state index < -0.39 is 0 Å². The molecule has 0 aliphatic carbocycles. The number of ether oxygens (including phenoxy) is 1. The molecule has 0 bridgehead atoms. The van der Waals surface area contributed by atoms with Gasteiger partial charge in [0.15, 0.2) is 0 Å². The van der Waals surface area contributed by atoms with Crippen LogP contribution in [0.4, 0.5) is 0 Å². The molecular weight excluding hydrogens is 322 g/mol. The third-order valence-electron chi connectivity index (χ3n) is 4.03. The number of hydrogen-bond donors (Lipinski definition) is 2. The second-order valence-electron chi connectivity index (χ2n) is 6.10. The molecule has 5 nitrogen and oxygen atoms in total. The maximum Gasteiger partial charge on any atom is 0.226 e. The summed E-state index contributed by atoms with van der Waals surface area (Å²) in [6, 6.07) is 8.25. The molecule has 3 rings (SSSR count). The lowest BCUT2D eigenvalue weighted by atomic mass is 10.1. The predicted molar refractivity (Wildman–Crippen MR) is 95.4 cm³/mol. The monoisotopic (exact) mass is 345 g/mol. The summed E-state index contributed by atoms with van der Waals surface area (Å²) in [4.78, 5) is 16.6. The molecule has 6 heteroatoms. The van der Waals surface area contributed by atoms with Gasteiger partial charge in [0.05, 0.1) is 12.1 Å². The lowest BCUT2D eigenvalue weighted by molar-refractivity contribution is -0.121. The van der Waals surface area contributed by atoms with Gasteiger partial charge in [-0.1, -0.05) is 17.7 Å². The minimum atomic E-state index is 0.0539. The number of benzene rings is 1. The molecule has 1 aliphatic heterocycles. The summed E-state index contributed by atoms with van der Waals surface area (Å²) in [5.41, 5.74) is 2.02. The normalized spacial score (nSPS) is 15.2. The van der Waals surface area contributed by atoms with Crippen LogP contribution in [0.2, 0.25) is 0 Å². The van der Waals surface area contributed by atoms with Gasteiger partial charge in [0.25, 0.3) is 0 Å². The number of carbonyl (C=O) groups is 1. The summed E-state index contributed by atoms with van der Waals surface area (Å²) in [6.45, 7) is 4.43. The standard InChI is InChI=1S/C18H23N3O2S/c1-13-2-4-16(5-3-13)23-11-18-21-15(12-24-18)10-17(22)20-14-6-8-19-9-7-14/h2-5,12,14,19H,6-11H2,1H3,(H,20,22). The number of aryl methyl sites for hydroxylation is 1. The summed E-state index contributed by atoms with van der Waals surface area (Å²) < 4.78 is 5.73. The van der Waals surface area contributed by atoms with E-state index >= 15 is 0 Å². The molecule has 1 fully saturated rings. The quantitative estimate of drug-likeness (QED) is 0.844. The first-order valence-electron chi connectivity index (χ1n) is 8.32. The van der Waals surface area contributed by atoms with Crippen molar-refractivity contribution in [1.82, 2.24) is 15.6 Å². The molecule has 1 aliphatic rings. The highest BCUT2D eigenvalue weighted by atomic mass is 32.1. The van der Waals surface area contributed by atoms with Crippen molar-refractivity contribution in [2.45, 2.75) is 38.8 Å². The number of nitrogens with one attached hydrogen (secondary N) is 2. The Hall–Kier alpha value is -1.92. The number of amides is 1. The van der Waals surface area contributed by atoms with E-state index in [9.17, 15) is 4.79 Å². The van der Waals surface area contributed by atoms with Gasteiger partial charge in [-0.15, -0.1) is 11.3 Å². The average Bonchev–Trinajstić information content (AvgIpc) is 3.02. The van der Waals surface area contributed by atoms with Crippen molar-refractivity contribution in [3.63, 3.8) is 0 Å². The van der Waals surface area contributed by atoms with Crippen LogP contribution >= 0.6 is 11.3 Å². The van der Waals surface area contributed by atoms with Crippen LogP contribution in [-0.4, -0.2) is 30.0 Å². The minimum Gasteiger partial charge on any atom is -0.486 e. The molecule has 1 amide bonds. The molecule has 0 saturated carbocycles. The van der Waals surface area contributed by atoms with Crippen LogP contribution in [-0.2, 0) is 17.8 Å². The minimum absolute atomic E-state index is 0.0539. The van der Waals surface area contributed by atoms with Crippen molar-refractivity contribution in [1.29, 1.82) is 0 Å². The maximum atomic E-state index is 12.1. The smallest absolute Gasteiger partial charge is 0.226 e. The van der Waals surface area contributed by atoms with Crippen molar-refractivity contribution in [3.05, 3.63) is 45.9 Å². The van der Waals surface area contributed by atoms with Gasteiger partial charge in [0, 0.05) is 11.4 Å². The van der Waals surface area contributed by atoms with Crippen LogP contribution in [0.15, 0.2) is 29.6 Å². The zero-order valence-electron chi connectivity index (χ0n) is 13.9. The van der Waals surface area contributed by atoms with Gasteiger partial charge < -0.3 is 15.4 Å². The first kappa shape index (κ1) is 16.9. The van der Waals surface area contributed by atoms with E-state index in [-0.39, 0.29) is 5.91 Å². The maximum absolute atomic E-state index is 12.1. The number of aromatic nitrogens is 1. The largest absolute Gasteiger partial charge is 0.486 e. The molecule has 2 N–H and O–H groups in total. The lowest BCUT2D eigenvalue weighted by Gasteiger charge is -2.23. The van der Waals surface area contributed by atoms with Crippen LogP contribution in [0.3, 0.4) is 0 Å². The highest BCUT2D eigenvalue weighted by molar-refractivity contribution is 7.09. The van der Waals surface area contributed by atoms with Crippen LogP contribution in [0.1, 0.15) is 29.1 Å². The molecule has 24 heavy (non-hydrogen) atoms. The Morgan fingerprint density at radius 1 is 1.33 bits per heavy atom. The van der Waals surface area contributed by atoms with Crippen molar-refractivity contribution in [2.75, 3.05) is 13.1 Å². The van der Waals surface area contributed by atoms with Crippen LogP contribution < -0.4 is 15.4 Å². The molecule has 1 aromatic carbocycles. The Kier molecular flexibility index (Phi) is 5.82. The Balaban J connectivity index is 1.46. The molecule has 0 atom stereocenters. The first-order chi connectivity index (χ1) is 11.7. The third-order valence-corrected chi connectivity index (χ3v) is 4.90. The molecule has 128 valence electrons. The molecular formula is C18H23N3O2S. The van der Waals surface area contributed by atoms with Crippen molar-refractivity contribution < 1.29 is 9.53 Å². The topological polar surface area (TPSA) is 63.2 Å². The van der Waals surface area contributed by atoms with Crippen LogP contribution in [0.25, 0.3) is 0 Å². The number of hydrogen-bond acceptors (Lipinski definition) is 5. The van der Waals surface area contributed by atoms with Gasteiger partial charge in [-0.2, -0.15) is 0 Å². The zero-order valence-corrected chi connectivity index (χ0v) is 14.7. The second kappa shape index (κ2) is 8.26. The number of nitrogens with zero attached hydrogens (tertiary/aromatic N) is 1. The van der Waals surface area contributed by atoms with E-state index in [2.05, 4.69) is 15.6 Å². The predicted octanol–water partition coefficient (Wildman–Crippen LogP) is 2.44. The van der Waals surface area contributed by atoms with E-state index in [1.807, 2.05) is 36.6 Å². The number of rotatable bonds is 6. The lowest BCUT2D eigenvalue weighted by Crippen LogP contribution is -2.43. The number of thiazole rings is 1. The molecule has 2 aromatic rings. The number of carbonyl (C=O) groups excluding carboxylic acids is 1. The summed E-state index contributed by atoms with van der Waals surface area (Å²) in [6.07, 6.45) is 2.34. The molecule has 0 spiro atoms. The highest BCUT2D eigenvalue weighted by Gasteiger charge is 2.16. The Bertz CT molecular complexity index is 663. The average molecular weight is 345 g/mol. The fourth-order valence-electron chi connectivity index (χ4n) is 2.69. The molecule has 1 aromatic heterocycles. The summed E-state index contributed by atoms with van der Waals surface area (Å²) >= 11 is 1.53. The summed E-state index contributed by atoms with van der Waals surface area (Å²) in [5, 5.41) is 9.22. The highest BCUT2D eigenvalue weighted by Crippen LogP contribution is 2.16. The summed E-state index contributed by atoms with van der Waals surface area (Å²) in [7, 11) is 0. The fourth-order valence-corrected chi connectivity index (χ4v) is 3.39.